The SMILES string of the molecule is C\C=C(Cl)/C=C(\C=C\Cl)S(=O)(=O)N1CCC(N2C(=O)OCc3cc(Br)ccc32)CC1. The molecule has 0 unspecified atom stereocenters. The molecule has 0 N–H and O–H groups in total. The first-order valence-corrected chi connectivity index (χ1v) is 12.4. The third kappa shape index (κ3) is 4.94. The van der Waals surface area contributed by atoms with Gasteiger partial charge in [0.25, 0.3) is 0 Å². The van der Waals surface area contributed by atoms with Crippen LogP contribution in [0.25, 0.3) is 0 Å². The lowest BCUT2D eigenvalue weighted by atomic mass is 10.0. The van der Waals surface area contributed by atoms with E-state index >= 15 is 0 Å². The zero-order valence-electron chi connectivity index (χ0n) is 16.2. The summed E-state index contributed by atoms with van der Waals surface area (Å²) >= 11 is 15.1. The van der Waals surface area contributed by atoms with Crippen LogP contribution < -0.4 is 4.90 Å². The average Bonchev–Trinajstić information content (AvgIpc) is 2.73. The van der Waals surface area contributed by atoms with Crippen molar-refractivity contribution >= 4 is 60.9 Å². The fourth-order valence-electron chi connectivity index (χ4n) is 3.54. The summed E-state index contributed by atoms with van der Waals surface area (Å²) in [7, 11) is -3.77. The molecule has 3 rings (SSSR count). The van der Waals surface area contributed by atoms with E-state index in [0.29, 0.717) is 17.9 Å². The van der Waals surface area contributed by atoms with E-state index in [1.165, 1.54) is 16.5 Å². The highest BCUT2D eigenvalue weighted by molar-refractivity contribution is 9.10. The number of nitrogens with zero attached hydrogens (tertiary/aromatic N) is 2. The molecule has 2 aliphatic rings. The number of cyclic esters (lactones) is 1. The Morgan fingerprint density at radius 2 is 2.00 bits per heavy atom. The largest absolute Gasteiger partial charge is 0.444 e. The van der Waals surface area contributed by atoms with Gasteiger partial charge in [0, 0.05) is 39.7 Å². The summed E-state index contributed by atoms with van der Waals surface area (Å²) in [4.78, 5) is 14.1. The highest BCUT2D eigenvalue weighted by Gasteiger charge is 2.37. The number of rotatable bonds is 5. The predicted molar refractivity (Wildman–Crippen MR) is 123 cm³/mol. The van der Waals surface area contributed by atoms with Gasteiger partial charge < -0.3 is 4.74 Å². The van der Waals surface area contributed by atoms with E-state index in [1.54, 1.807) is 17.9 Å². The van der Waals surface area contributed by atoms with Crippen molar-refractivity contribution in [2.45, 2.75) is 32.4 Å². The maximum absolute atomic E-state index is 13.1. The van der Waals surface area contributed by atoms with Gasteiger partial charge in [-0.05, 0) is 50.1 Å². The molecule has 162 valence electrons. The van der Waals surface area contributed by atoms with Crippen molar-refractivity contribution in [3.8, 4) is 0 Å². The third-order valence-corrected chi connectivity index (χ3v) is 7.90. The number of sulfonamides is 1. The van der Waals surface area contributed by atoms with E-state index in [9.17, 15) is 13.2 Å². The number of benzene rings is 1. The third-order valence-electron chi connectivity index (χ3n) is 5.06. The predicted octanol–water partition coefficient (Wildman–Crippen LogP) is 5.48. The van der Waals surface area contributed by atoms with Gasteiger partial charge in [-0.2, -0.15) is 4.31 Å². The molecule has 0 atom stereocenters. The molecule has 0 aromatic heterocycles. The van der Waals surface area contributed by atoms with E-state index in [0.717, 1.165) is 21.3 Å². The van der Waals surface area contributed by atoms with E-state index in [4.69, 9.17) is 27.9 Å². The van der Waals surface area contributed by atoms with Gasteiger partial charge in [0.2, 0.25) is 10.0 Å². The van der Waals surface area contributed by atoms with Gasteiger partial charge in [-0.25, -0.2) is 13.2 Å². The summed E-state index contributed by atoms with van der Waals surface area (Å²) in [5.41, 5.74) is 2.87. The van der Waals surface area contributed by atoms with Gasteiger partial charge >= 0.3 is 6.09 Å². The van der Waals surface area contributed by atoms with Gasteiger partial charge in [0.15, 0.2) is 0 Å². The lowest BCUT2D eigenvalue weighted by molar-refractivity contribution is 0.136. The van der Waals surface area contributed by atoms with Crippen LogP contribution >= 0.6 is 39.1 Å². The molecule has 0 saturated carbocycles. The molecule has 1 saturated heterocycles. The molecule has 6 nitrogen and oxygen atoms in total. The zero-order valence-corrected chi connectivity index (χ0v) is 20.1. The second-order valence-corrected chi connectivity index (χ2v) is 10.4. The second-order valence-electron chi connectivity index (χ2n) is 6.85. The summed E-state index contributed by atoms with van der Waals surface area (Å²) in [6.07, 6.45) is 4.85. The first-order chi connectivity index (χ1) is 14.3. The van der Waals surface area contributed by atoms with Crippen LogP contribution in [0.5, 0.6) is 0 Å². The number of allylic oxidation sites excluding steroid dienone is 4. The van der Waals surface area contributed by atoms with Crippen LogP contribution in [0.2, 0.25) is 0 Å². The molecule has 0 radical (unpaired) electrons. The van der Waals surface area contributed by atoms with Crippen molar-refractivity contribution in [1.82, 2.24) is 4.31 Å². The van der Waals surface area contributed by atoms with Gasteiger partial charge in [-0.15, -0.1) is 0 Å². The number of ether oxygens (including phenoxy) is 1. The Hall–Kier alpha value is -1.32. The second kappa shape index (κ2) is 9.87. The molecule has 1 aromatic carbocycles. The van der Waals surface area contributed by atoms with Crippen molar-refractivity contribution in [2.75, 3.05) is 18.0 Å². The molecule has 2 aliphatic heterocycles. The minimum absolute atomic E-state index is 0.0200. The molecular formula is C20H21BrCl2N2O4S. The van der Waals surface area contributed by atoms with Crippen LogP contribution in [0.3, 0.4) is 0 Å². The molecule has 0 aliphatic carbocycles. The van der Waals surface area contributed by atoms with Crippen molar-refractivity contribution in [2.24, 2.45) is 0 Å². The Bertz CT molecular complexity index is 1020. The Labute approximate surface area is 194 Å². The molecule has 2 heterocycles. The average molecular weight is 536 g/mol. The van der Waals surface area contributed by atoms with E-state index < -0.39 is 16.1 Å². The smallest absolute Gasteiger partial charge is 0.414 e. The molecule has 1 aromatic rings. The van der Waals surface area contributed by atoms with Crippen molar-refractivity contribution in [1.29, 1.82) is 0 Å². The lowest BCUT2D eigenvalue weighted by Crippen LogP contribution is -2.50. The summed E-state index contributed by atoms with van der Waals surface area (Å²) < 4.78 is 33.8. The number of amides is 1. The molecule has 10 heteroatoms. The minimum atomic E-state index is -3.77. The lowest BCUT2D eigenvalue weighted by Gasteiger charge is -2.39. The Kier molecular flexibility index (Phi) is 7.68. The number of carbonyl (C=O) groups excluding carboxylic acids is 1. The van der Waals surface area contributed by atoms with Crippen molar-refractivity contribution < 1.29 is 17.9 Å². The molecule has 1 amide bonds. The number of hydrogen-bond donors (Lipinski definition) is 0. The molecule has 30 heavy (non-hydrogen) atoms. The molecule has 0 spiro atoms. The maximum Gasteiger partial charge on any atom is 0.414 e. The normalized spacial score (nSPS) is 19.9. The standard InChI is InChI=1S/C20H21BrCl2N2O4S/c1-2-16(23)12-18(5-8-22)30(27,28)24-9-6-17(7-10-24)25-19-4-3-15(21)11-14(19)13-29-20(25)26/h2-5,8,11-12,17H,6-7,9-10,13H2,1H3/b8-5+,16-2+,18-12+. The minimum Gasteiger partial charge on any atom is -0.444 e. The zero-order chi connectivity index (χ0) is 21.9. The highest BCUT2D eigenvalue weighted by atomic mass is 79.9. The van der Waals surface area contributed by atoms with Crippen LogP contribution in [0, 0.1) is 0 Å². The van der Waals surface area contributed by atoms with Gasteiger partial charge in [-0.1, -0.05) is 45.2 Å². The fourth-order valence-corrected chi connectivity index (χ4v) is 5.84. The Morgan fingerprint density at radius 1 is 1.30 bits per heavy atom. The fraction of sp³-hybridized carbons (Fsp3) is 0.350. The summed E-state index contributed by atoms with van der Waals surface area (Å²) in [5.74, 6) is 0. The van der Waals surface area contributed by atoms with E-state index in [-0.39, 0.29) is 30.6 Å². The number of hydrogen-bond acceptors (Lipinski definition) is 4. The van der Waals surface area contributed by atoms with Crippen LogP contribution in [0.15, 0.2) is 56.4 Å². The van der Waals surface area contributed by atoms with Crippen LogP contribution in [-0.4, -0.2) is 37.9 Å². The van der Waals surface area contributed by atoms with Crippen LogP contribution in [-0.2, 0) is 21.4 Å². The first kappa shape index (κ1) is 23.3. The van der Waals surface area contributed by atoms with Crippen molar-refractivity contribution in [3.63, 3.8) is 0 Å². The van der Waals surface area contributed by atoms with E-state index in [2.05, 4.69) is 15.9 Å². The molecular weight excluding hydrogens is 515 g/mol. The quantitative estimate of drug-likeness (QED) is 0.468. The summed E-state index contributed by atoms with van der Waals surface area (Å²) in [6.45, 7) is 2.47. The number of piperidine rings is 1. The number of fused-ring (bicyclic) bond motifs is 1. The molecule has 1 fully saturated rings. The van der Waals surface area contributed by atoms with Crippen LogP contribution in [0.4, 0.5) is 10.5 Å². The van der Waals surface area contributed by atoms with Crippen molar-refractivity contribution in [3.05, 3.63) is 61.9 Å². The van der Waals surface area contributed by atoms with E-state index in [1.807, 2.05) is 18.2 Å². The topological polar surface area (TPSA) is 66.9 Å². The van der Waals surface area contributed by atoms with Gasteiger partial charge in [-0.3, -0.25) is 4.90 Å². The number of anilines is 1. The molecule has 0 bridgehead atoms. The Balaban J connectivity index is 1.79. The number of halogens is 3. The number of carbonyl (C=O) groups is 1. The summed E-state index contributed by atoms with van der Waals surface area (Å²) in [5, 5.41) is 0.303. The highest BCUT2D eigenvalue weighted by Crippen LogP contribution is 2.34. The van der Waals surface area contributed by atoms with Gasteiger partial charge in [0.1, 0.15) is 6.61 Å². The monoisotopic (exact) mass is 534 g/mol. The van der Waals surface area contributed by atoms with Crippen LogP contribution in [0.1, 0.15) is 25.3 Å². The van der Waals surface area contributed by atoms with Gasteiger partial charge in [0.05, 0.1) is 10.6 Å². The summed E-state index contributed by atoms with van der Waals surface area (Å²) in [6, 6.07) is 5.53. The maximum atomic E-state index is 13.1. The first-order valence-electron chi connectivity index (χ1n) is 9.32. The Morgan fingerprint density at radius 3 is 2.63 bits per heavy atom.